The first kappa shape index (κ1) is 23.8. The molecule has 31 heavy (non-hydrogen) atoms. The molecule has 0 radical (unpaired) electrons. The Bertz CT molecular complexity index is 924. The van der Waals surface area contributed by atoms with Crippen LogP contribution in [0.5, 0.6) is 23.0 Å². The van der Waals surface area contributed by atoms with E-state index in [1.54, 1.807) is 30.2 Å². The Hall–Kier alpha value is -3.48. The summed E-state index contributed by atoms with van der Waals surface area (Å²) >= 11 is 0. The molecule has 2 aromatic carbocycles. The van der Waals surface area contributed by atoms with Gasteiger partial charge in [-0.05, 0) is 23.8 Å². The zero-order valence-electron chi connectivity index (χ0n) is 18.5. The number of methoxy groups -OCH3 is 4. The van der Waals surface area contributed by atoms with Gasteiger partial charge in [0.25, 0.3) is 0 Å². The van der Waals surface area contributed by atoms with Crippen LogP contribution in [0.25, 0.3) is 0 Å². The molecule has 7 nitrogen and oxygen atoms in total. The predicted octanol–water partition coefficient (Wildman–Crippen LogP) is 3.90. The molecule has 2 aromatic rings. The topological polar surface area (TPSA) is 74.3 Å². The summed E-state index contributed by atoms with van der Waals surface area (Å²) in [5.74, 6) is 1.61. The third kappa shape index (κ3) is 6.25. The lowest BCUT2D eigenvalue weighted by Crippen LogP contribution is -2.31. The van der Waals surface area contributed by atoms with Crippen molar-refractivity contribution in [1.82, 2.24) is 4.90 Å². The first-order chi connectivity index (χ1) is 15.0. The van der Waals surface area contributed by atoms with E-state index < -0.39 is 0 Å². The smallest absolute Gasteiger partial charge is 0.223 e. The molecule has 0 unspecified atom stereocenters. The van der Waals surface area contributed by atoms with Crippen LogP contribution in [0.4, 0.5) is 0 Å². The predicted molar refractivity (Wildman–Crippen MR) is 118 cm³/mol. The Kier molecular flexibility index (Phi) is 8.94. The van der Waals surface area contributed by atoms with Crippen LogP contribution < -0.4 is 18.9 Å². The molecule has 0 spiro atoms. The molecular formula is C24H29NO6. The zero-order valence-corrected chi connectivity index (χ0v) is 18.5. The van der Waals surface area contributed by atoms with Crippen LogP contribution in [-0.4, -0.2) is 51.6 Å². The van der Waals surface area contributed by atoms with Gasteiger partial charge in [0.05, 0.1) is 34.0 Å². The molecule has 0 heterocycles. The standard InChI is InChI=1S/C24H29NO6/c1-6-12-25(16-17-8-7-9-18(13-17)28-2)24(27)11-10-20(26)19-14-22(30-4)23(31-5)15-21(19)29-3/h6-9,13-15H,1,10-12,16H2,2-5H3. The lowest BCUT2D eigenvalue weighted by Gasteiger charge is -2.21. The quantitative estimate of drug-likeness (QED) is 0.378. The van der Waals surface area contributed by atoms with Gasteiger partial charge in [0.1, 0.15) is 11.5 Å². The number of benzene rings is 2. The molecule has 7 heteroatoms. The maximum Gasteiger partial charge on any atom is 0.223 e. The molecule has 0 atom stereocenters. The SMILES string of the molecule is C=CCN(Cc1cccc(OC)c1)C(=O)CCC(=O)c1cc(OC)c(OC)cc1OC. The average molecular weight is 427 g/mol. The van der Waals surface area contributed by atoms with Crippen LogP contribution in [-0.2, 0) is 11.3 Å². The molecule has 0 saturated carbocycles. The number of carbonyl (C=O) groups is 2. The van der Waals surface area contributed by atoms with E-state index in [-0.39, 0.29) is 24.5 Å². The zero-order chi connectivity index (χ0) is 22.8. The van der Waals surface area contributed by atoms with Gasteiger partial charge in [0, 0.05) is 32.0 Å². The summed E-state index contributed by atoms with van der Waals surface area (Å²) in [5, 5.41) is 0. The average Bonchev–Trinajstić information content (AvgIpc) is 2.81. The fourth-order valence-corrected chi connectivity index (χ4v) is 3.16. The van der Waals surface area contributed by atoms with Gasteiger partial charge in [-0.2, -0.15) is 0 Å². The molecular weight excluding hydrogens is 398 g/mol. The summed E-state index contributed by atoms with van der Waals surface area (Å²) in [6, 6.07) is 10.7. The molecule has 0 aromatic heterocycles. The van der Waals surface area contributed by atoms with Crippen molar-refractivity contribution in [3.63, 3.8) is 0 Å². The first-order valence-corrected chi connectivity index (χ1v) is 9.82. The summed E-state index contributed by atoms with van der Waals surface area (Å²) in [4.78, 5) is 27.3. The third-order valence-corrected chi connectivity index (χ3v) is 4.78. The monoisotopic (exact) mass is 427 g/mol. The largest absolute Gasteiger partial charge is 0.497 e. The van der Waals surface area contributed by atoms with Gasteiger partial charge in [-0.25, -0.2) is 0 Å². The molecule has 0 N–H and O–H groups in total. The Balaban J connectivity index is 2.11. The highest BCUT2D eigenvalue weighted by Crippen LogP contribution is 2.35. The highest BCUT2D eigenvalue weighted by Gasteiger charge is 2.20. The number of carbonyl (C=O) groups excluding carboxylic acids is 2. The van der Waals surface area contributed by atoms with Crippen molar-refractivity contribution in [2.45, 2.75) is 19.4 Å². The van der Waals surface area contributed by atoms with Crippen LogP contribution in [0.2, 0.25) is 0 Å². The fraction of sp³-hybridized carbons (Fsp3) is 0.333. The van der Waals surface area contributed by atoms with Crippen LogP contribution >= 0.6 is 0 Å². The lowest BCUT2D eigenvalue weighted by atomic mass is 10.0. The van der Waals surface area contributed by atoms with Crippen molar-refractivity contribution < 1.29 is 28.5 Å². The molecule has 0 aliphatic rings. The number of Topliss-reactive ketones (excluding diaryl/α,β-unsaturated/α-hetero) is 1. The Morgan fingerprint density at radius 2 is 1.58 bits per heavy atom. The molecule has 1 amide bonds. The molecule has 0 saturated heterocycles. The highest BCUT2D eigenvalue weighted by atomic mass is 16.5. The van der Waals surface area contributed by atoms with E-state index >= 15 is 0 Å². The molecule has 2 rings (SSSR count). The number of nitrogens with zero attached hydrogens (tertiary/aromatic N) is 1. The minimum Gasteiger partial charge on any atom is -0.497 e. The van der Waals surface area contributed by atoms with E-state index in [9.17, 15) is 9.59 Å². The maximum absolute atomic E-state index is 12.8. The Labute approximate surface area is 183 Å². The number of ketones is 1. The van der Waals surface area contributed by atoms with E-state index in [1.807, 2.05) is 24.3 Å². The van der Waals surface area contributed by atoms with Crippen molar-refractivity contribution in [1.29, 1.82) is 0 Å². The van der Waals surface area contributed by atoms with Crippen molar-refractivity contribution in [3.05, 3.63) is 60.2 Å². The molecule has 0 aliphatic heterocycles. The van der Waals surface area contributed by atoms with Gasteiger partial charge in [0.15, 0.2) is 17.3 Å². The van der Waals surface area contributed by atoms with E-state index in [2.05, 4.69) is 6.58 Å². The second kappa shape index (κ2) is 11.6. The van der Waals surface area contributed by atoms with Gasteiger partial charge in [0.2, 0.25) is 5.91 Å². The number of amides is 1. The summed E-state index contributed by atoms with van der Waals surface area (Å²) in [6.07, 6.45) is 1.77. The number of hydrogen-bond acceptors (Lipinski definition) is 6. The van der Waals surface area contributed by atoms with E-state index in [0.29, 0.717) is 35.9 Å². The van der Waals surface area contributed by atoms with Gasteiger partial charge < -0.3 is 23.8 Å². The van der Waals surface area contributed by atoms with Gasteiger partial charge >= 0.3 is 0 Å². The summed E-state index contributed by atoms with van der Waals surface area (Å²) in [6.45, 7) is 4.51. The van der Waals surface area contributed by atoms with Gasteiger partial charge in [-0.15, -0.1) is 6.58 Å². The normalized spacial score (nSPS) is 10.2. The van der Waals surface area contributed by atoms with Crippen LogP contribution in [0, 0.1) is 0 Å². The second-order valence-electron chi connectivity index (χ2n) is 6.75. The molecule has 0 fully saturated rings. The number of ether oxygens (including phenoxy) is 4. The van der Waals surface area contributed by atoms with Crippen LogP contribution in [0.1, 0.15) is 28.8 Å². The van der Waals surface area contributed by atoms with Crippen LogP contribution in [0.15, 0.2) is 49.1 Å². The number of hydrogen-bond donors (Lipinski definition) is 0. The van der Waals surface area contributed by atoms with E-state index in [0.717, 1.165) is 11.3 Å². The first-order valence-electron chi connectivity index (χ1n) is 9.82. The molecule has 0 bridgehead atoms. The van der Waals surface area contributed by atoms with Gasteiger partial charge in [-0.3, -0.25) is 9.59 Å². The summed E-state index contributed by atoms with van der Waals surface area (Å²) in [5.41, 5.74) is 1.28. The molecule has 166 valence electrons. The minimum absolute atomic E-state index is 0.0381. The van der Waals surface area contributed by atoms with Crippen molar-refractivity contribution in [2.75, 3.05) is 35.0 Å². The summed E-state index contributed by atoms with van der Waals surface area (Å²) in [7, 11) is 6.07. The molecule has 0 aliphatic carbocycles. The minimum atomic E-state index is -0.217. The summed E-state index contributed by atoms with van der Waals surface area (Å²) < 4.78 is 21.1. The van der Waals surface area contributed by atoms with E-state index in [4.69, 9.17) is 18.9 Å². The lowest BCUT2D eigenvalue weighted by molar-refractivity contribution is -0.131. The third-order valence-electron chi connectivity index (χ3n) is 4.78. The van der Waals surface area contributed by atoms with E-state index in [1.165, 1.54) is 21.3 Å². The maximum atomic E-state index is 12.8. The fourth-order valence-electron chi connectivity index (χ4n) is 3.16. The van der Waals surface area contributed by atoms with Crippen molar-refractivity contribution in [2.24, 2.45) is 0 Å². The second-order valence-corrected chi connectivity index (χ2v) is 6.75. The van der Waals surface area contributed by atoms with Gasteiger partial charge in [-0.1, -0.05) is 18.2 Å². The Morgan fingerprint density at radius 1 is 0.903 bits per heavy atom. The number of rotatable bonds is 12. The van der Waals surface area contributed by atoms with Crippen molar-refractivity contribution in [3.8, 4) is 23.0 Å². The van der Waals surface area contributed by atoms with Crippen molar-refractivity contribution >= 4 is 11.7 Å². The highest BCUT2D eigenvalue weighted by molar-refractivity contribution is 6.01. The Morgan fingerprint density at radius 3 is 2.19 bits per heavy atom. The van der Waals surface area contributed by atoms with Crippen LogP contribution in [0.3, 0.4) is 0 Å².